The average molecular weight is 370 g/mol. The number of aryl methyl sites for hydroxylation is 2. The summed E-state index contributed by atoms with van der Waals surface area (Å²) in [4.78, 5) is 3.29. The van der Waals surface area contributed by atoms with Gasteiger partial charge in [0.15, 0.2) is 0 Å². The number of benzene rings is 1. The molecule has 8 heteroatoms. The number of nitrogens with one attached hydrogen (secondary N) is 2. The Balaban J connectivity index is 1.72. The Labute approximate surface area is 142 Å². The fourth-order valence-electron chi connectivity index (χ4n) is 3.10. The topological polar surface area (TPSA) is 96.1 Å². The number of H-pyrrole nitrogens is 1. The first-order valence-electron chi connectivity index (χ1n) is 7.95. The number of aromatic amines is 1. The summed E-state index contributed by atoms with van der Waals surface area (Å²) in [5, 5.41) is 0.467. The van der Waals surface area contributed by atoms with Crippen molar-refractivity contribution < 1.29 is 16.8 Å². The lowest BCUT2D eigenvalue weighted by molar-refractivity contribution is 0.542. The van der Waals surface area contributed by atoms with Crippen LogP contribution in [-0.4, -0.2) is 38.6 Å². The first kappa shape index (κ1) is 17.4. The molecule has 1 fully saturated rings. The van der Waals surface area contributed by atoms with Gasteiger partial charge in [-0.3, -0.25) is 0 Å². The standard InChI is InChI=1S/C16H22N2O4S2/c1-11-12(2)18-16-4-3-13(9-15(11)16)10-17-24(21,22)14-5-7-23(19,20)8-6-14/h3-4,9,14,17-18H,5-8,10H2,1-2H3. The Bertz CT molecular complexity index is 961. The van der Waals surface area contributed by atoms with Crippen LogP contribution in [-0.2, 0) is 26.4 Å². The van der Waals surface area contributed by atoms with Gasteiger partial charge in [-0.05, 0) is 49.9 Å². The van der Waals surface area contributed by atoms with Crippen LogP contribution in [0, 0.1) is 13.8 Å². The zero-order chi connectivity index (χ0) is 17.5. The van der Waals surface area contributed by atoms with Crippen molar-refractivity contribution in [3.63, 3.8) is 0 Å². The summed E-state index contributed by atoms with van der Waals surface area (Å²) in [6.07, 6.45) is 0.347. The van der Waals surface area contributed by atoms with Crippen molar-refractivity contribution in [1.29, 1.82) is 0 Å². The number of sulfonamides is 1. The summed E-state index contributed by atoms with van der Waals surface area (Å²) in [6.45, 7) is 4.25. The molecule has 1 aliphatic heterocycles. The molecule has 0 atom stereocenters. The van der Waals surface area contributed by atoms with Crippen molar-refractivity contribution in [2.75, 3.05) is 11.5 Å². The van der Waals surface area contributed by atoms with Crippen LogP contribution in [0.5, 0.6) is 0 Å². The number of rotatable bonds is 4. The van der Waals surface area contributed by atoms with Crippen molar-refractivity contribution in [2.24, 2.45) is 0 Å². The quantitative estimate of drug-likeness (QED) is 0.857. The van der Waals surface area contributed by atoms with Crippen LogP contribution in [0.3, 0.4) is 0 Å². The van der Waals surface area contributed by atoms with Crippen LogP contribution < -0.4 is 4.72 Å². The molecule has 0 radical (unpaired) electrons. The molecule has 1 aromatic heterocycles. The summed E-state index contributed by atoms with van der Waals surface area (Å²) < 4.78 is 50.3. The van der Waals surface area contributed by atoms with Gasteiger partial charge in [0.2, 0.25) is 10.0 Å². The minimum atomic E-state index is -3.51. The lowest BCUT2D eigenvalue weighted by Gasteiger charge is -2.22. The van der Waals surface area contributed by atoms with E-state index in [2.05, 4.69) is 9.71 Å². The molecule has 2 heterocycles. The zero-order valence-corrected chi connectivity index (χ0v) is 15.4. The molecule has 3 rings (SSSR count). The van der Waals surface area contributed by atoms with Crippen LogP contribution in [0.1, 0.15) is 29.7 Å². The van der Waals surface area contributed by atoms with Gasteiger partial charge in [-0.25, -0.2) is 21.6 Å². The largest absolute Gasteiger partial charge is 0.358 e. The number of hydrogen-bond acceptors (Lipinski definition) is 4. The second-order valence-corrected chi connectivity index (χ2v) is 10.8. The SMILES string of the molecule is Cc1[nH]c2ccc(CNS(=O)(=O)C3CCS(=O)(=O)CC3)cc2c1C. The molecule has 0 amide bonds. The van der Waals surface area contributed by atoms with Gasteiger partial charge in [0, 0.05) is 23.1 Å². The van der Waals surface area contributed by atoms with Gasteiger partial charge >= 0.3 is 0 Å². The van der Waals surface area contributed by atoms with Gasteiger partial charge in [0.25, 0.3) is 0 Å². The third-order valence-electron chi connectivity index (χ3n) is 4.79. The van der Waals surface area contributed by atoms with Gasteiger partial charge in [0.1, 0.15) is 9.84 Å². The summed E-state index contributed by atoms with van der Waals surface area (Å²) >= 11 is 0. The Morgan fingerprint density at radius 2 is 1.88 bits per heavy atom. The molecule has 0 spiro atoms. The molecular weight excluding hydrogens is 348 g/mol. The molecule has 0 saturated carbocycles. The van der Waals surface area contributed by atoms with Crippen LogP contribution in [0.4, 0.5) is 0 Å². The summed E-state index contributed by atoms with van der Waals surface area (Å²) in [5.41, 5.74) is 4.18. The maximum atomic E-state index is 12.4. The van der Waals surface area contributed by atoms with E-state index in [4.69, 9.17) is 0 Å². The Hall–Kier alpha value is -1.38. The van der Waals surface area contributed by atoms with Crippen LogP contribution in [0.15, 0.2) is 18.2 Å². The third-order valence-corrected chi connectivity index (χ3v) is 8.40. The predicted molar refractivity (Wildman–Crippen MR) is 95.2 cm³/mol. The lowest BCUT2D eigenvalue weighted by Crippen LogP contribution is -2.39. The molecule has 132 valence electrons. The normalized spacial score (nSPS) is 18.9. The molecule has 0 aliphatic carbocycles. The first-order chi connectivity index (χ1) is 11.2. The van der Waals surface area contributed by atoms with E-state index in [1.54, 1.807) is 0 Å². The number of fused-ring (bicyclic) bond motifs is 1. The van der Waals surface area contributed by atoms with Crippen molar-refractivity contribution in [3.05, 3.63) is 35.0 Å². The Kier molecular flexibility index (Phi) is 4.48. The average Bonchev–Trinajstić information content (AvgIpc) is 2.80. The van der Waals surface area contributed by atoms with E-state index in [9.17, 15) is 16.8 Å². The van der Waals surface area contributed by atoms with Crippen LogP contribution >= 0.6 is 0 Å². The molecule has 0 bridgehead atoms. The van der Waals surface area contributed by atoms with E-state index in [1.807, 2.05) is 32.0 Å². The third kappa shape index (κ3) is 3.50. The molecule has 0 unspecified atom stereocenters. The van der Waals surface area contributed by atoms with E-state index in [-0.39, 0.29) is 30.9 Å². The minimum Gasteiger partial charge on any atom is -0.358 e. The maximum Gasteiger partial charge on any atom is 0.214 e. The molecule has 24 heavy (non-hydrogen) atoms. The van der Waals surface area contributed by atoms with Crippen LogP contribution in [0.2, 0.25) is 0 Å². The number of sulfone groups is 1. The summed E-state index contributed by atoms with van der Waals surface area (Å²) in [7, 11) is -6.58. The van der Waals surface area contributed by atoms with Crippen molar-refractivity contribution in [3.8, 4) is 0 Å². The Morgan fingerprint density at radius 1 is 1.21 bits per heavy atom. The van der Waals surface area contributed by atoms with E-state index >= 15 is 0 Å². The number of aromatic nitrogens is 1. The second kappa shape index (κ2) is 6.16. The minimum absolute atomic E-state index is 0.0492. The fraction of sp³-hybridized carbons (Fsp3) is 0.500. The molecular formula is C16H22N2O4S2. The summed E-state index contributed by atoms with van der Waals surface area (Å²) in [6, 6.07) is 5.83. The van der Waals surface area contributed by atoms with Crippen molar-refractivity contribution in [2.45, 2.75) is 38.5 Å². The predicted octanol–water partition coefficient (Wildman–Crippen LogP) is 1.78. The van der Waals surface area contributed by atoms with E-state index < -0.39 is 25.1 Å². The molecule has 1 aliphatic rings. The highest BCUT2D eigenvalue weighted by Crippen LogP contribution is 2.23. The van der Waals surface area contributed by atoms with Gasteiger partial charge in [-0.15, -0.1) is 0 Å². The Morgan fingerprint density at radius 3 is 2.54 bits per heavy atom. The number of hydrogen-bond donors (Lipinski definition) is 2. The van der Waals surface area contributed by atoms with E-state index in [1.165, 1.54) is 0 Å². The molecule has 6 nitrogen and oxygen atoms in total. The zero-order valence-electron chi connectivity index (χ0n) is 13.8. The summed E-state index contributed by atoms with van der Waals surface area (Å²) in [5.74, 6) is -0.0985. The van der Waals surface area contributed by atoms with Gasteiger partial charge in [-0.2, -0.15) is 0 Å². The molecule has 1 aromatic carbocycles. The van der Waals surface area contributed by atoms with Crippen molar-refractivity contribution >= 4 is 30.8 Å². The molecule has 1 saturated heterocycles. The second-order valence-electron chi connectivity index (χ2n) is 6.47. The van der Waals surface area contributed by atoms with Gasteiger partial charge in [0.05, 0.1) is 16.8 Å². The smallest absolute Gasteiger partial charge is 0.214 e. The van der Waals surface area contributed by atoms with E-state index in [0.29, 0.717) is 0 Å². The molecule has 2 aromatic rings. The highest BCUT2D eigenvalue weighted by atomic mass is 32.2. The monoisotopic (exact) mass is 370 g/mol. The van der Waals surface area contributed by atoms with Gasteiger partial charge < -0.3 is 4.98 Å². The fourth-order valence-corrected chi connectivity index (χ4v) is 6.35. The maximum absolute atomic E-state index is 12.4. The lowest BCUT2D eigenvalue weighted by atomic mass is 10.1. The highest BCUT2D eigenvalue weighted by Gasteiger charge is 2.32. The molecule has 2 N–H and O–H groups in total. The first-order valence-corrected chi connectivity index (χ1v) is 11.3. The van der Waals surface area contributed by atoms with Gasteiger partial charge in [-0.1, -0.05) is 6.07 Å². The highest BCUT2D eigenvalue weighted by molar-refractivity contribution is 7.92. The van der Waals surface area contributed by atoms with E-state index in [0.717, 1.165) is 27.7 Å². The van der Waals surface area contributed by atoms with Crippen LogP contribution in [0.25, 0.3) is 10.9 Å². The van der Waals surface area contributed by atoms with Crippen molar-refractivity contribution in [1.82, 2.24) is 9.71 Å².